The second-order valence-electron chi connectivity index (χ2n) is 6.12. The standard InChI is InChI=1S/C18H18N4O3/c1-11-8-12(2)22(20-11)14-5-3-4-13(9-14)16-17(18(23)24)21-6-7-25-10-15(21)19-16/h3-5,8-9H,6-7,10H2,1-2H3,(H,23,24). The summed E-state index contributed by atoms with van der Waals surface area (Å²) in [4.78, 5) is 16.4. The Morgan fingerprint density at radius 1 is 1.28 bits per heavy atom. The lowest BCUT2D eigenvalue weighted by atomic mass is 10.1. The highest BCUT2D eigenvalue weighted by Crippen LogP contribution is 2.28. The van der Waals surface area contributed by atoms with E-state index in [1.807, 2.05) is 48.9 Å². The SMILES string of the molecule is Cc1cc(C)n(-c2cccc(-c3nc4n(c3C(=O)O)CCOC4)c2)n1. The van der Waals surface area contributed by atoms with Crippen LogP contribution < -0.4 is 0 Å². The Kier molecular flexibility index (Phi) is 3.65. The van der Waals surface area contributed by atoms with Gasteiger partial charge in [0.2, 0.25) is 0 Å². The third kappa shape index (κ3) is 2.62. The molecule has 1 aliphatic heterocycles. The van der Waals surface area contributed by atoms with E-state index in [1.54, 1.807) is 4.57 Å². The fraction of sp³-hybridized carbons (Fsp3) is 0.278. The summed E-state index contributed by atoms with van der Waals surface area (Å²) in [5, 5.41) is 14.2. The maximum Gasteiger partial charge on any atom is 0.354 e. The van der Waals surface area contributed by atoms with Crippen LogP contribution >= 0.6 is 0 Å². The van der Waals surface area contributed by atoms with Crippen LogP contribution in [0.5, 0.6) is 0 Å². The molecule has 0 amide bonds. The van der Waals surface area contributed by atoms with Gasteiger partial charge in [0, 0.05) is 17.8 Å². The molecule has 7 heteroatoms. The molecule has 2 aromatic heterocycles. The molecule has 0 unspecified atom stereocenters. The zero-order chi connectivity index (χ0) is 17.6. The topological polar surface area (TPSA) is 82.2 Å². The molecule has 25 heavy (non-hydrogen) atoms. The monoisotopic (exact) mass is 338 g/mol. The van der Waals surface area contributed by atoms with Gasteiger partial charge in [-0.05, 0) is 32.0 Å². The van der Waals surface area contributed by atoms with Gasteiger partial charge in [0.25, 0.3) is 0 Å². The smallest absolute Gasteiger partial charge is 0.354 e. The molecule has 4 rings (SSSR count). The predicted molar refractivity (Wildman–Crippen MR) is 90.9 cm³/mol. The van der Waals surface area contributed by atoms with Crippen molar-refractivity contribution < 1.29 is 14.6 Å². The quantitative estimate of drug-likeness (QED) is 0.794. The summed E-state index contributed by atoms with van der Waals surface area (Å²) in [6.45, 7) is 5.26. The molecular formula is C18H18N4O3. The van der Waals surface area contributed by atoms with E-state index in [9.17, 15) is 9.90 Å². The van der Waals surface area contributed by atoms with Crippen molar-refractivity contribution in [1.82, 2.24) is 19.3 Å². The molecular weight excluding hydrogens is 320 g/mol. The number of nitrogens with zero attached hydrogens (tertiary/aromatic N) is 4. The van der Waals surface area contributed by atoms with Crippen molar-refractivity contribution in [2.45, 2.75) is 27.0 Å². The molecule has 0 atom stereocenters. The summed E-state index contributed by atoms with van der Waals surface area (Å²) in [6.07, 6.45) is 0. The Balaban J connectivity index is 1.86. The number of benzene rings is 1. The molecule has 1 aromatic carbocycles. The molecule has 0 saturated carbocycles. The molecule has 3 heterocycles. The van der Waals surface area contributed by atoms with E-state index in [2.05, 4.69) is 10.1 Å². The maximum atomic E-state index is 11.8. The number of ether oxygens (including phenoxy) is 1. The third-order valence-electron chi connectivity index (χ3n) is 4.31. The van der Waals surface area contributed by atoms with E-state index < -0.39 is 5.97 Å². The Bertz CT molecular complexity index is 971. The lowest BCUT2D eigenvalue weighted by Crippen LogP contribution is -2.20. The zero-order valence-corrected chi connectivity index (χ0v) is 14.1. The number of fused-ring (bicyclic) bond motifs is 1. The highest BCUT2D eigenvalue weighted by molar-refractivity contribution is 5.93. The van der Waals surface area contributed by atoms with Crippen molar-refractivity contribution in [1.29, 1.82) is 0 Å². The Morgan fingerprint density at radius 2 is 2.12 bits per heavy atom. The van der Waals surface area contributed by atoms with E-state index in [0.29, 0.717) is 31.3 Å². The number of hydrogen-bond acceptors (Lipinski definition) is 4. The zero-order valence-electron chi connectivity index (χ0n) is 14.1. The van der Waals surface area contributed by atoms with Crippen LogP contribution in [0.3, 0.4) is 0 Å². The average Bonchev–Trinajstić information content (AvgIpc) is 3.14. The molecule has 3 aromatic rings. The van der Waals surface area contributed by atoms with Crippen molar-refractivity contribution in [3.05, 3.63) is 53.2 Å². The molecule has 1 N–H and O–H groups in total. The van der Waals surface area contributed by atoms with Crippen molar-refractivity contribution >= 4 is 5.97 Å². The lowest BCUT2D eigenvalue weighted by molar-refractivity contribution is 0.0642. The van der Waals surface area contributed by atoms with Gasteiger partial charge in [0.1, 0.15) is 18.1 Å². The van der Waals surface area contributed by atoms with Crippen LogP contribution in [0.1, 0.15) is 27.7 Å². The summed E-state index contributed by atoms with van der Waals surface area (Å²) in [5.74, 6) is -0.331. The van der Waals surface area contributed by atoms with Crippen molar-refractivity contribution in [2.24, 2.45) is 0 Å². The van der Waals surface area contributed by atoms with E-state index in [-0.39, 0.29) is 5.69 Å². The second-order valence-corrected chi connectivity index (χ2v) is 6.12. The second kappa shape index (κ2) is 5.86. The first-order chi connectivity index (χ1) is 12.0. The van der Waals surface area contributed by atoms with Gasteiger partial charge in [-0.1, -0.05) is 12.1 Å². The molecule has 0 aliphatic carbocycles. The highest BCUT2D eigenvalue weighted by atomic mass is 16.5. The van der Waals surface area contributed by atoms with Gasteiger partial charge in [-0.2, -0.15) is 5.10 Å². The van der Waals surface area contributed by atoms with Crippen LogP contribution in [0.4, 0.5) is 0 Å². The van der Waals surface area contributed by atoms with Gasteiger partial charge in [-0.15, -0.1) is 0 Å². The van der Waals surface area contributed by atoms with E-state index in [1.165, 1.54) is 0 Å². The molecule has 0 fully saturated rings. The number of imidazole rings is 1. The Morgan fingerprint density at radius 3 is 2.84 bits per heavy atom. The largest absolute Gasteiger partial charge is 0.477 e. The number of aromatic carboxylic acids is 1. The number of hydrogen-bond donors (Lipinski definition) is 1. The normalized spacial score (nSPS) is 13.7. The third-order valence-corrected chi connectivity index (χ3v) is 4.31. The summed E-state index contributed by atoms with van der Waals surface area (Å²) < 4.78 is 8.98. The van der Waals surface area contributed by atoms with Crippen LogP contribution in [0.25, 0.3) is 16.9 Å². The summed E-state index contributed by atoms with van der Waals surface area (Å²) in [7, 11) is 0. The lowest BCUT2D eigenvalue weighted by Gasteiger charge is -2.15. The van der Waals surface area contributed by atoms with Gasteiger partial charge in [0.15, 0.2) is 5.69 Å². The molecule has 128 valence electrons. The van der Waals surface area contributed by atoms with Crippen LogP contribution in [0.15, 0.2) is 30.3 Å². The number of rotatable bonds is 3. The van der Waals surface area contributed by atoms with Crippen molar-refractivity contribution in [2.75, 3.05) is 6.61 Å². The number of carboxylic acids is 1. The molecule has 0 saturated heterocycles. The van der Waals surface area contributed by atoms with Crippen molar-refractivity contribution in [3.63, 3.8) is 0 Å². The molecule has 0 bridgehead atoms. The molecule has 7 nitrogen and oxygen atoms in total. The van der Waals surface area contributed by atoms with Crippen LogP contribution in [0, 0.1) is 13.8 Å². The van der Waals surface area contributed by atoms with E-state index >= 15 is 0 Å². The minimum Gasteiger partial charge on any atom is -0.477 e. The average molecular weight is 338 g/mol. The summed E-state index contributed by atoms with van der Waals surface area (Å²) >= 11 is 0. The van der Waals surface area contributed by atoms with E-state index in [0.717, 1.165) is 22.6 Å². The fourth-order valence-corrected chi connectivity index (χ4v) is 3.26. The van der Waals surface area contributed by atoms with Gasteiger partial charge in [-0.25, -0.2) is 14.5 Å². The van der Waals surface area contributed by atoms with Crippen LogP contribution in [-0.4, -0.2) is 37.0 Å². The first-order valence-corrected chi connectivity index (χ1v) is 8.09. The van der Waals surface area contributed by atoms with E-state index in [4.69, 9.17) is 4.74 Å². The maximum absolute atomic E-state index is 11.8. The predicted octanol–water partition coefficient (Wildman–Crippen LogP) is 2.58. The highest BCUT2D eigenvalue weighted by Gasteiger charge is 2.25. The number of aryl methyl sites for hydroxylation is 2. The Labute approximate surface area is 144 Å². The number of carboxylic acid groups (broad SMARTS) is 1. The Hall–Kier alpha value is -2.93. The minimum atomic E-state index is -0.979. The first-order valence-electron chi connectivity index (χ1n) is 8.09. The van der Waals surface area contributed by atoms with Crippen LogP contribution in [0.2, 0.25) is 0 Å². The number of aromatic nitrogens is 4. The molecule has 0 spiro atoms. The minimum absolute atomic E-state index is 0.212. The molecule has 1 aliphatic rings. The van der Waals surface area contributed by atoms with Crippen LogP contribution in [-0.2, 0) is 17.9 Å². The first kappa shape index (κ1) is 15.6. The summed E-state index contributed by atoms with van der Waals surface area (Å²) in [6, 6.07) is 9.63. The molecule has 0 radical (unpaired) electrons. The van der Waals surface area contributed by atoms with Crippen molar-refractivity contribution in [3.8, 4) is 16.9 Å². The summed E-state index contributed by atoms with van der Waals surface area (Å²) in [5.41, 5.74) is 4.26. The fourth-order valence-electron chi connectivity index (χ4n) is 3.26. The van der Waals surface area contributed by atoms with Gasteiger partial charge >= 0.3 is 5.97 Å². The van der Waals surface area contributed by atoms with Gasteiger partial charge in [0.05, 0.1) is 18.0 Å². The number of carbonyl (C=O) groups is 1. The van der Waals surface area contributed by atoms with Gasteiger partial charge in [-0.3, -0.25) is 0 Å². The van der Waals surface area contributed by atoms with Gasteiger partial charge < -0.3 is 14.4 Å².